The van der Waals surface area contributed by atoms with Gasteiger partial charge in [0.2, 0.25) is 0 Å². The molecule has 3 rings (SSSR count). The van der Waals surface area contributed by atoms with Gasteiger partial charge in [-0.15, -0.1) is 0 Å². The van der Waals surface area contributed by atoms with Crippen molar-refractivity contribution in [3.8, 4) is 0 Å². The van der Waals surface area contributed by atoms with Gasteiger partial charge in [-0.2, -0.15) is 5.10 Å². The number of anilines is 1. The summed E-state index contributed by atoms with van der Waals surface area (Å²) in [4.78, 5) is 22.6. The summed E-state index contributed by atoms with van der Waals surface area (Å²) >= 11 is 12.1. The van der Waals surface area contributed by atoms with Crippen LogP contribution in [0, 0.1) is 17.0 Å². The lowest BCUT2D eigenvalue weighted by atomic mass is 10.2. The van der Waals surface area contributed by atoms with E-state index < -0.39 is 10.8 Å². The number of aromatic nitrogens is 2. The van der Waals surface area contributed by atoms with Gasteiger partial charge in [-0.25, -0.2) is 0 Å². The molecule has 138 valence electrons. The molecule has 0 spiro atoms. The van der Waals surface area contributed by atoms with E-state index in [1.54, 1.807) is 22.9 Å². The Labute approximate surface area is 164 Å². The molecule has 0 saturated carbocycles. The zero-order chi connectivity index (χ0) is 19.6. The molecule has 2 aromatic carbocycles. The first-order chi connectivity index (χ1) is 12.8. The second kappa shape index (κ2) is 7.77. The number of nitrogens with zero attached hydrogens (tertiary/aromatic N) is 3. The fraction of sp³-hybridized carbons (Fsp3) is 0.111. The third-order valence-corrected chi connectivity index (χ3v) is 4.46. The topological polar surface area (TPSA) is 90.1 Å². The van der Waals surface area contributed by atoms with Crippen LogP contribution in [0.15, 0.2) is 48.5 Å². The Hall–Kier alpha value is -2.90. The third-order valence-electron chi connectivity index (χ3n) is 3.88. The number of hydrogen-bond acceptors (Lipinski definition) is 4. The molecule has 27 heavy (non-hydrogen) atoms. The summed E-state index contributed by atoms with van der Waals surface area (Å²) < 4.78 is 1.69. The summed E-state index contributed by atoms with van der Waals surface area (Å²) in [6, 6.07) is 12.4. The fourth-order valence-electron chi connectivity index (χ4n) is 2.49. The molecular weight excluding hydrogens is 391 g/mol. The molecule has 9 heteroatoms. The van der Waals surface area contributed by atoms with E-state index in [1.807, 2.05) is 13.0 Å². The molecule has 0 fully saturated rings. The molecule has 7 nitrogen and oxygen atoms in total. The van der Waals surface area contributed by atoms with Gasteiger partial charge in [-0.1, -0.05) is 35.3 Å². The molecule has 0 atom stereocenters. The lowest BCUT2D eigenvalue weighted by molar-refractivity contribution is -0.384. The van der Waals surface area contributed by atoms with Gasteiger partial charge in [0.05, 0.1) is 11.5 Å². The number of carbonyl (C=O) groups is 1. The maximum absolute atomic E-state index is 12.3. The number of hydrogen-bond donors (Lipinski definition) is 1. The number of nitrogens with one attached hydrogen (secondary N) is 1. The number of amides is 1. The number of non-ortho nitro benzene ring substituents is 1. The lowest BCUT2D eigenvalue weighted by Crippen LogP contribution is -2.13. The number of nitro groups is 1. The van der Waals surface area contributed by atoms with E-state index in [1.165, 1.54) is 24.3 Å². The second-order valence-electron chi connectivity index (χ2n) is 5.83. The predicted octanol–water partition coefficient (Wildman–Crippen LogP) is 4.71. The van der Waals surface area contributed by atoms with Crippen molar-refractivity contribution in [2.75, 3.05) is 5.32 Å². The summed E-state index contributed by atoms with van der Waals surface area (Å²) in [6.07, 6.45) is 0. The zero-order valence-electron chi connectivity index (χ0n) is 14.1. The van der Waals surface area contributed by atoms with Gasteiger partial charge in [0.1, 0.15) is 0 Å². The predicted molar refractivity (Wildman–Crippen MR) is 104 cm³/mol. The fourth-order valence-corrected chi connectivity index (χ4v) is 2.96. The average Bonchev–Trinajstić information content (AvgIpc) is 2.96. The van der Waals surface area contributed by atoms with Gasteiger partial charge in [0.15, 0.2) is 5.82 Å². The molecule has 0 saturated heterocycles. The molecule has 1 N–H and O–H groups in total. The maximum Gasteiger partial charge on any atom is 0.270 e. The van der Waals surface area contributed by atoms with E-state index in [0.29, 0.717) is 22.4 Å². The van der Waals surface area contributed by atoms with E-state index in [-0.39, 0.29) is 11.3 Å². The van der Waals surface area contributed by atoms with Crippen molar-refractivity contribution in [2.24, 2.45) is 0 Å². The van der Waals surface area contributed by atoms with Crippen molar-refractivity contribution in [1.82, 2.24) is 9.78 Å². The minimum absolute atomic E-state index is 0.151. The molecule has 0 radical (unpaired) electrons. The van der Waals surface area contributed by atoms with E-state index in [4.69, 9.17) is 23.2 Å². The van der Waals surface area contributed by atoms with E-state index >= 15 is 0 Å². The third kappa shape index (κ3) is 4.45. The van der Waals surface area contributed by atoms with Crippen molar-refractivity contribution in [1.29, 1.82) is 0 Å². The van der Waals surface area contributed by atoms with Crippen LogP contribution in [0.5, 0.6) is 0 Å². The van der Waals surface area contributed by atoms with Crippen molar-refractivity contribution in [3.05, 3.63) is 85.5 Å². The average molecular weight is 405 g/mol. The Morgan fingerprint density at radius 2 is 2.00 bits per heavy atom. The number of halogens is 2. The molecular formula is C18H14Cl2N4O3. The first-order valence-electron chi connectivity index (χ1n) is 7.87. The number of rotatable bonds is 5. The molecule has 0 aliphatic carbocycles. The molecule has 1 aromatic heterocycles. The largest absolute Gasteiger partial charge is 0.305 e. The SMILES string of the molecule is Cc1cc(NC(=O)c2cccc([N+](=O)[O-])c2)nn1Cc1ccc(Cl)cc1Cl. The van der Waals surface area contributed by atoms with Crippen LogP contribution in [-0.4, -0.2) is 20.6 Å². The Bertz CT molecular complexity index is 1030. The molecule has 0 aliphatic rings. The van der Waals surface area contributed by atoms with Gasteiger partial charge in [-0.05, 0) is 30.7 Å². The van der Waals surface area contributed by atoms with Gasteiger partial charge >= 0.3 is 0 Å². The first kappa shape index (κ1) is 18.9. The van der Waals surface area contributed by atoms with Crippen LogP contribution < -0.4 is 5.32 Å². The van der Waals surface area contributed by atoms with Gasteiger partial charge < -0.3 is 5.32 Å². The van der Waals surface area contributed by atoms with Crippen LogP contribution in [0.3, 0.4) is 0 Å². The number of benzene rings is 2. The smallest absolute Gasteiger partial charge is 0.270 e. The van der Waals surface area contributed by atoms with Crippen LogP contribution in [0.4, 0.5) is 11.5 Å². The Morgan fingerprint density at radius 1 is 1.22 bits per heavy atom. The van der Waals surface area contributed by atoms with Crippen LogP contribution in [-0.2, 0) is 6.54 Å². The normalized spacial score (nSPS) is 10.6. The zero-order valence-corrected chi connectivity index (χ0v) is 15.7. The summed E-state index contributed by atoms with van der Waals surface area (Å²) in [5, 5.41) is 18.9. The summed E-state index contributed by atoms with van der Waals surface area (Å²) in [7, 11) is 0. The Morgan fingerprint density at radius 3 is 2.70 bits per heavy atom. The molecule has 0 aliphatic heterocycles. The molecule has 1 amide bonds. The highest BCUT2D eigenvalue weighted by Gasteiger charge is 2.14. The standard InChI is InChI=1S/C18H14Cl2N4O3/c1-11-7-17(21-18(25)12-3-2-4-15(8-12)24(26)27)22-23(11)10-13-5-6-14(19)9-16(13)20/h2-9H,10H2,1H3,(H,21,22,25). The molecule has 1 heterocycles. The van der Waals surface area contributed by atoms with Crippen molar-refractivity contribution < 1.29 is 9.72 Å². The number of carbonyl (C=O) groups excluding carboxylic acids is 1. The van der Waals surface area contributed by atoms with Crippen LogP contribution >= 0.6 is 23.2 Å². The van der Waals surface area contributed by atoms with Gasteiger partial charge in [-0.3, -0.25) is 19.6 Å². The molecule has 0 unspecified atom stereocenters. The lowest BCUT2D eigenvalue weighted by Gasteiger charge is -2.07. The molecule has 3 aromatic rings. The van der Waals surface area contributed by atoms with Gasteiger partial charge in [0, 0.05) is 39.5 Å². The second-order valence-corrected chi connectivity index (χ2v) is 6.67. The Kier molecular flexibility index (Phi) is 5.43. The van der Waals surface area contributed by atoms with E-state index in [0.717, 1.165) is 11.3 Å². The van der Waals surface area contributed by atoms with Crippen molar-refractivity contribution in [3.63, 3.8) is 0 Å². The highest BCUT2D eigenvalue weighted by atomic mass is 35.5. The highest BCUT2D eigenvalue weighted by molar-refractivity contribution is 6.35. The van der Waals surface area contributed by atoms with Crippen LogP contribution in [0.2, 0.25) is 10.0 Å². The quantitative estimate of drug-likeness (QED) is 0.492. The highest BCUT2D eigenvalue weighted by Crippen LogP contribution is 2.23. The monoisotopic (exact) mass is 404 g/mol. The summed E-state index contributed by atoms with van der Waals surface area (Å²) in [5.74, 6) is -0.137. The first-order valence-corrected chi connectivity index (χ1v) is 8.63. The van der Waals surface area contributed by atoms with Crippen LogP contribution in [0.25, 0.3) is 0 Å². The van der Waals surface area contributed by atoms with Gasteiger partial charge in [0.25, 0.3) is 11.6 Å². The summed E-state index contributed by atoms with van der Waals surface area (Å²) in [5.41, 5.74) is 1.68. The minimum Gasteiger partial charge on any atom is -0.305 e. The van der Waals surface area contributed by atoms with E-state index in [2.05, 4.69) is 10.4 Å². The maximum atomic E-state index is 12.3. The molecule has 0 bridgehead atoms. The minimum atomic E-state index is -0.550. The van der Waals surface area contributed by atoms with Crippen LogP contribution in [0.1, 0.15) is 21.6 Å². The van der Waals surface area contributed by atoms with Crippen molar-refractivity contribution >= 4 is 40.6 Å². The van der Waals surface area contributed by atoms with E-state index in [9.17, 15) is 14.9 Å². The van der Waals surface area contributed by atoms with Crippen molar-refractivity contribution in [2.45, 2.75) is 13.5 Å². The Balaban J connectivity index is 1.77. The number of aryl methyl sites for hydroxylation is 1. The number of nitro benzene ring substituents is 1. The summed E-state index contributed by atoms with van der Waals surface area (Å²) in [6.45, 7) is 2.26.